The van der Waals surface area contributed by atoms with Crippen LogP contribution in [-0.4, -0.2) is 44.4 Å². The van der Waals surface area contributed by atoms with Crippen molar-refractivity contribution in [1.82, 2.24) is 4.90 Å². The van der Waals surface area contributed by atoms with Gasteiger partial charge in [0.05, 0.1) is 12.0 Å². The molecule has 0 saturated carbocycles. The van der Waals surface area contributed by atoms with Crippen LogP contribution in [0.15, 0.2) is 47.4 Å². The highest BCUT2D eigenvalue weighted by Crippen LogP contribution is 2.50. The van der Waals surface area contributed by atoms with E-state index in [1.807, 2.05) is 0 Å². The Morgan fingerprint density at radius 3 is 2.54 bits per heavy atom. The van der Waals surface area contributed by atoms with E-state index in [-0.39, 0.29) is 4.90 Å². The third kappa shape index (κ3) is 2.76. The van der Waals surface area contributed by atoms with Crippen LogP contribution in [0.5, 0.6) is 11.5 Å². The Morgan fingerprint density at radius 2 is 1.89 bits per heavy atom. The number of ether oxygens (including phenoxy) is 2. The molecular formula is C20H20ClNO5S. The van der Waals surface area contributed by atoms with E-state index < -0.39 is 32.6 Å². The predicted octanol–water partition coefficient (Wildman–Crippen LogP) is 3.25. The number of likely N-dealkylation sites (tertiary alicyclic amines) is 1. The number of hydrogen-bond acceptors (Lipinski definition) is 5. The largest absolute Gasteiger partial charge is 0.497 e. The minimum absolute atomic E-state index is 0.0724. The number of benzene rings is 2. The average Bonchev–Trinajstić information content (AvgIpc) is 2.66. The van der Waals surface area contributed by atoms with Gasteiger partial charge in [0.25, 0.3) is 0 Å². The summed E-state index contributed by atoms with van der Waals surface area (Å²) in [7, 11) is -0.827. The van der Waals surface area contributed by atoms with E-state index >= 15 is 0 Å². The summed E-state index contributed by atoms with van der Waals surface area (Å²) in [4.78, 5) is 14.7. The van der Waals surface area contributed by atoms with Crippen molar-refractivity contribution in [1.29, 1.82) is 0 Å². The molecule has 8 heteroatoms. The molecule has 6 nitrogen and oxygen atoms in total. The van der Waals surface area contributed by atoms with Crippen LogP contribution >= 0.6 is 11.6 Å². The number of nitrogens with zero attached hydrogens (tertiary/aromatic N) is 1. The first-order valence-corrected chi connectivity index (χ1v) is 10.7. The third-order valence-corrected chi connectivity index (χ3v) is 8.05. The maximum absolute atomic E-state index is 13.5. The molecule has 4 rings (SSSR count). The van der Waals surface area contributed by atoms with Crippen molar-refractivity contribution >= 4 is 27.3 Å². The Balaban J connectivity index is 1.89. The van der Waals surface area contributed by atoms with Gasteiger partial charge in [-0.2, -0.15) is 0 Å². The number of methoxy groups -OCH3 is 1. The molecule has 1 saturated heterocycles. The molecule has 0 aliphatic carbocycles. The van der Waals surface area contributed by atoms with Gasteiger partial charge in [0, 0.05) is 30.0 Å². The van der Waals surface area contributed by atoms with Crippen LogP contribution in [0.1, 0.15) is 24.8 Å². The molecule has 0 radical (unpaired) electrons. The lowest BCUT2D eigenvalue weighted by molar-refractivity contribution is -0.159. The lowest BCUT2D eigenvalue weighted by atomic mass is 9.80. The Hall–Kier alpha value is -2.25. The first kappa shape index (κ1) is 19.1. The quantitative estimate of drug-likeness (QED) is 0.760. The number of fused-ring (bicyclic) bond motifs is 4. The lowest BCUT2D eigenvalue weighted by Crippen LogP contribution is -2.64. The molecule has 1 fully saturated rings. The van der Waals surface area contributed by atoms with Gasteiger partial charge in [0.1, 0.15) is 11.5 Å². The first-order valence-electron chi connectivity index (χ1n) is 8.81. The predicted molar refractivity (Wildman–Crippen MR) is 105 cm³/mol. The summed E-state index contributed by atoms with van der Waals surface area (Å²) in [6, 6.07) is 11.2. The zero-order valence-electron chi connectivity index (χ0n) is 15.7. The van der Waals surface area contributed by atoms with Crippen LogP contribution in [0.3, 0.4) is 0 Å². The molecule has 1 amide bonds. The molecule has 0 unspecified atom stereocenters. The van der Waals surface area contributed by atoms with Crippen LogP contribution in [0.25, 0.3) is 0 Å². The van der Waals surface area contributed by atoms with Crippen molar-refractivity contribution in [2.24, 2.45) is 0 Å². The van der Waals surface area contributed by atoms with Crippen LogP contribution in [0.2, 0.25) is 5.02 Å². The van der Waals surface area contributed by atoms with Gasteiger partial charge in [-0.3, -0.25) is 4.79 Å². The summed E-state index contributed by atoms with van der Waals surface area (Å²) in [6.45, 7) is 1.80. The number of rotatable bonds is 3. The number of piperidine rings is 1. The summed E-state index contributed by atoms with van der Waals surface area (Å²) in [6.07, 6.45) is 0.368. The van der Waals surface area contributed by atoms with E-state index in [1.54, 1.807) is 32.2 Å². The number of hydrogen-bond donors (Lipinski definition) is 0. The second-order valence-electron chi connectivity index (χ2n) is 7.31. The standard InChI is InChI=1S/C20H20ClNO5S/c1-20-11-16(15-10-13(26-3)6-9-17(15)27-20)18(19(23)22(20)2)28(24,25)14-7-4-12(21)5-8-14/h4-10,16,18H,11H2,1-3H3/t16-,18-,20-/m1/s1. The minimum Gasteiger partial charge on any atom is -0.497 e. The Morgan fingerprint density at radius 1 is 1.21 bits per heavy atom. The van der Waals surface area contributed by atoms with Gasteiger partial charge in [0.15, 0.2) is 20.8 Å². The fourth-order valence-corrected chi connectivity index (χ4v) is 6.06. The smallest absolute Gasteiger partial charge is 0.244 e. The molecule has 2 bridgehead atoms. The summed E-state index contributed by atoms with van der Waals surface area (Å²) < 4.78 is 38.3. The molecule has 2 aromatic rings. The van der Waals surface area contributed by atoms with E-state index in [9.17, 15) is 13.2 Å². The van der Waals surface area contributed by atoms with Crippen LogP contribution in [0.4, 0.5) is 0 Å². The highest BCUT2D eigenvalue weighted by atomic mass is 35.5. The molecule has 3 atom stereocenters. The fourth-order valence-electron chi connectivity index (χ4n) is 4.02. The van der Waals surface area contributed by atoms with Gasteiger partial charge in [-0.05, 0) is 49.4 Å². The Labute approximate surface area is 168 Å². The van der Waals surface area contributed by atoms with Gasteiger partial charge in [-0.25, -0.2) is 8.42 Å². The number of carbonyl (C=O) groups excluding carboxylic acids is 1. The normalized spacial score (nSPS) is 26.4. The maximum atomic E-state index is 13.5. The van der Waals surface area contributed by atoms with Gasteiger partial charge in [-0.15, -0.1) is 0 Å². The summed E-state index contributed by atoms with van der Waals surface area (Å²) >= 11 is 5.90. The summed E-state index contributed by atoms with van der Waals surface area (Å²) in [5, 5.41) is -0.818. The van der Waals surface area contributed by atoms with Gasteiger partial charge in [-0.1, -0.05) is 11.6 Å². The molecule has 0 aromatic heterocycles. The number of carbonyl (C=O) groups is 1. The summed E-state index contributed by atoms with van der Waals surface area (Å²) in [5.41, 5.74) is -0.240. The number of halogens is 1. The van der Waals surface area contributed by atoms with Gasteiger partial charge in [0.2, 0.25) is 5.91 Å². The average molecular weight is 422 g/mol. The molecule has 2 aliphatic heterocycles. The van der Waals surface area contributed by atoms with Gasteiger partial charge >= 0.3 is 0 Å². The Bertz CT molecular complexity index is 1050. The number of sulfone groups is 1. The minimum atomic E-state index is -3.95. The topological polar surface area (TPSA) is 72.9 Å². The summed E-state index contributed by atoms with van der Waals surface area (Å²) in [5.74, 6) is 0.116. The number of amides is 1. The SMILES string of the molecule is COc1ccc2c(c1)[C@H]1C[C@@](C)(O2)N(C)C(=O)[C@@H]1S(=O)(=O)c1ccc(Cl)cc1. The fraction of sp³-hybridized carbons (Fsp3) is 0.350. The van der Waals surface area contributed by atoms with Crippen molar-refractivity contribution in [2.45, 2.75) is 35.1 Å². The van der Waals surface area contributed by atoms with Crippen LogP contribution in [0, 0.1) is 0 Å². The maximum Gasteiger partial charge on any atom is 0.244 e. The van der Waals surface area contributed by atoms with Crippen LogP contribution < -0.4 is 9.47 Å². The lowest BCUT2D eigenvalue weighted by Gasteiger charge is -2.51. The van der Waals surface area contributed by atoms with Crippen molar-refractivity contribution in [3.8, 4) is 11.5 Å². The molecule has 2 aromatic carbocycles. The third-order valence-electron chi connectivity index (χ3n) is 5.67. The highest BCUT2D eigenvalue weighted by Gasteiger charge is 2.57. The van der Waals surface area contributed by atoms with Crippen molar-refractivity contribution in [3.05, 3.63) is 53.1 Å². The van der Waals surface area contributed by atoms with Crippen molar-refractivity contribution in [3.63, 3.8) is 0 Å². The van der Waals surface area contributed by atoms with E-state index in [4.69, 9.17) is 21.1 Å². The molecule has 0 N–H and O–H groups in total. The highest BCUT2D eigenvalue weighted by molar-refractivity contribution is 7.92. The van der Waals surface area contributed by atoms with Crippen LogP contribution in [-0.2, 0) is 14.6 Å². The van der Waals surface area contributed by atoms with E-state index in [2.05, 4.69) is 0 Å². The second-order valence-corrected chi connectivity index (χ2v) is 9.81. The van der Waals surface area contributed by atoms with E-state index in [0.29, 0.717) is 28.5 Å². The van der Waals surface area contributed by atoms with Gasteiger partial charge < -0.3 is 14.4 Å². The van der Waals surface area contributed by atoms with E-state index in [1.165, 1.54) is 36.3 Å². The zero-order valence-corrected chi connectivity index (χ0v) is 17.3. The molecule has 0 spiro atoms. The molecule has 2 heterocycles. The Kier molecular flexibility index (Phi) is 4.35. The second kappa shape index (κ2) is 6.39. The molecule has 28 heavy (non-hydrogen) atoms. The van der Waals surface area contributed by atoms with Crippen molar-refractivity contribution < 1.29 is 22.7 Å². The first-order chi connectivity index (χ1) is 13.2. The van der Waals surface area contributed by atoms with E-state index in [0.717, 1.165) is 0 Å². The zero-order chi connectivity index (χ0) is 20.3. The monoisotopic (exact) mass is 421 g/mol. The van der Waals surface area contributed by atoms with Crippen molar-refractivity contribution in [2.75, 3.05) is 14.2 Å². The molecule has 148 valence electrons. The molecular weight excluding hydrogens is 402 g/mol. The molecule has 2 aliphatic rings.